The van der Waals surface area contributed by atoms with Crippen LogP contribution in [-0.2, 0) is 25.5 Å². The molecular weight excluding hydrogens is 614 g/mol. The normalized spacial score (nSPS) is 15.9. The minimum absolute atomic E-state index is 0.126. The molecule has 2 N–H and O–H groups in total. The Hall–Kier alpha value is -5.16. The number of aliphatic hydroxyl groups excluding tert-OH is 1. The van der Waals surface area contributed by atoms with E-state index in [2.05, 4.69) is 5.32 Å². The molecule has 2 unspecified atom stereocenters. The summed E-state index contributed by atoms with van der Waals surface area (Å²) in [5, 5.41) is 13.8. The molecule has 254 valence electrons. The molecule has 3 atom stereocenters. The van der Waals surface area contributed by atoms with Gasteiger partial charge in [-0.1, -0.05) is 62.4 Å². The molecule has 0 aliphatic carbocycles. The van der Waals surface area contributed by atoms with Crippen LogP contribution < -0.4 is 14.8 Å². The summed E-state index contributed by atoms with van der Waals surface area (Å²) in [7, 11) is 2.98. The second kappa shape index (κ2) is 16.1. The van der Waals surface area contributed by atoms with Crippen molar-refractivity contribution in [2.24, 2.45) is 5.92 Å². The Morgan fingerprint density at radius 3 is 2.08 bits per heavy atom. The predicted octanol–water partition coefficient (Wildman–Crippen LogP) is 4.05. The Bertz CT molecular complexity index is 1620. The number of ether oxygens (including phenoxy) is 3. The monoisotopic (exact) mass is 657 g/mol. The van der Waals surface area contributed by atoms with Gasteiger partial charge in [-0.05, 0) is 62.1 Å². The molecule has 1 heterocycles. The van der Waals surface area contributed by atoms with E-state index in [0.717, 1.165) is 5.56 Å². The fraction of sp³-hybridized carbons (Fsp3) is 0.351. The molecular formula is C37H43N3O8. The van der Waals surface area contributed by atoms with Gasteiger partial charge in [-0.3, -0.25) is 19.3 Å². The summed E-state index contributed by atoms with van der Waals surface area (Å²) in [5.74, 6) is -1.84. The van der Waals surface area contributed by atoms with Gasteiger partial charge in [0.2, 0.25) is 5.91 Å². The lowest BCUT2D eigenvalue weighted by Crippen LogP contribution is -2.57. The summed E-state index contributed by atoms with van der Waals surface area (Å²) < 4.78 is 16.1. The summed E-state index contributed by atoms with van der Waals surface area (Å²) in [5.41, 5.74) is 1.94. The van der Waals surface area contributed by atoms with E-state index < -0.39 is 48.6 Å². The average molecular weight is 658 g/mol. The van der Waals surface area contributed by atoms with Crippen molar-refractivity contribution in [3.05, 3.63) is 102 Å². The molecule has 11 nitrogen and oxygen atoms in total. The fourth-order valence-electron chi connectivity index (χ4n) is 5.56. The van der Waals surface area contributed by atoms with Crippen molar-refractivity contribution in [2.75, 3.05) is 20.8 Å². The van der Waals surface area contributed by atoms with Crippen LogP contribution in [0.1, 0.15) is 49.2 Å². The van der Waals surface area contributed by atoms with E-state index in [0.29, 0.717) is 22.6 Å². The highest BCUT2D eigenvalue weighted by molar-refractivity contribution is 6.04. The van der Waals surface area contributed by atoms with Crippen LogP contribution in [0.5, 0.6) is 11.5 Å². The van der Waals surface area contributed by atoms with Crippen molar-refractivity contribution in [1.82, 2.24) is 15.1 Å². The smallest absolute Gasteiger partial charge is 0.337 e. The third-order valence-electron chi connectivity index (χ3n) is 7.86. The standard InChI is InChI=1S/C37H43N3O8/c1-23(2)33-36(44)39(22-32(41)38-28(19-25-13-9-7-10-14-25)34(42)37(45)48-24(3)4)29(27-17-18-30(46-5)31(20-27)47-6)21-40(33)35(43)26-15-11-8-12-16-26/h7-18,20-21,23-24,28,33-34,42H,19,22H2,1-6H3,(H,38,41)/t28-,33?,34?/m0/s1. The number of amides is 3. The molecule has 0 spiro atoms. The van der Waals surface area contributed by atoms with E-state index in [4.69, 9.17) is 14.2 Å². The summed E-state index contributed by atoms with van der Waals surface area (Å²) in [6, 6.07) is 20.8. The Morgan fingerprint density at radius 2 is 1.50 bits per heavy atom. The van der Waals surface area contributed by atoms with E-state index in [-0.39, 0.29) is 23.9 Å². The molecule has 11 heteroatoms. The maximum Gasteiger partial charge on any atom is 0.337 e. The molecule has 48 heavy (non-hydrogen) atoms. The number of benzene rings is 3. The number of hydrogen-bond acceptors (Lipinski definition) is 8. The number of carbonyl (C=O) groups is 4. The van der Waals surface area contributed by atoms with Crippen LogP contribution >= 0.6 is 0 Å². The van der Waals surface area contributed by atoms with Gasteiger partial charge in [-0.2, -0.15) is 0 Å². The number of hydrogen-bond donors (Lipinski definition) is 2. The molecule has 0 bridgehead atoms. The molecule has 3 aromatic carbocycles. The van der Waals surface area contributed by atoms with Crippen molar-refractivity contribution < 1.29 is 38.5 Å². The van der Waals surface area contributed by atoms with Crippen molar-refractivity contribution in [2.45, 2.75) is 58.4 Å². The second-order valence-corrected chi connectivity index (χ2v) is 12.1. The minimum atomic E-state index is -1.67. The zero-order chi connectivity index (χ0) is 35.0. The summed E-state index contributed by atoms with van der Waals surface area (Å²) in [4.78, 5) is 57.5. The van der Waals surface area contributed by atoms with E-state index in [9.17, 15) is 24.3 Å². The van der Waals surface area contributed by atoms with E-state index in [1.807, 2.05) is 44.2 Å². The van der Waals surface area contributed by atoms with Crippen molar-refractivity contribution >= 4 is 29.4 Å². The van der Waals surface area contributed by atoms with Crippen LogP contribution in [0.2, 0.25) is 0 Å². The van der Waals surface area contributed by atoms with E-state index in [1.54, 1.807) is 68.6 Å². The third-order valence-corrected chi connectivity index (χ3v) is 7.86. The molecule has 0 saturated carbocycles. The van der Waals surface area contributed by atoms with Gasteiger partial charge in [0.1, 0.15) is 12.6 Å². The van der Waals surface area contributed by atoms with E-state index >= 15 is 0 Å². The van der Waals surface area contributed by atoms with Crippen molar-refractivity contribution in [3.63, 3.8) is 0 Å². The molecule has 1 aliphatic rings. The first-order chi connectivity index (χ1) is 22.9. The Kier molecular flexibility index (Phi) is 12.0. The molecule has 3 aromatic rings. The second-order valence-electron chi connectivity index (χ2n) is 12.1. The lowest BCUT2D eigenvalue weighted by atomic mass is 9.96. The molecule has 0 radical (unpaired) electrons. The number of methoxy groups -OCH3 is 2. The van der Waals surface area contributed by atoms with Gasteiger partial charge in [-0.15, -0.1) is 0 Å². The summed E-state index contributed by atoms with van der Waals surface area (Å²) >= 11 is 0. The predicted molar refractivity (Wildman–Crippen MR) is 180 cm³/mol. The fourth-order valence-corrected chi connectivity index (χ4v) is 5.56. The summed E-state index contributed by atoms with van der Waals surface area (Å²) in [6.07, 6.45) is -0.445. The first kappa shape index (κ1) is 35.7. The minimum Gasteiger partial charge on any atom is -0.493 e. The van der Waals surface area contributed by atoms with Crippen LogP contribution in [0.25, 0.3) is 5.70 Å². The van der Waals surface area contributed by atoms with Crippen LogP contribution in [0, 0.1) is 5.92 Å². The number of esters is 1. The molecule has 1 aliphatic heterocycles. The SMILES string of the molecule is COc1ccc(C2=CN(C(=O)c3ccccc3)C(C(C)C)C(=O)N2CC(=O)N[C@@H](Cc2ccccc2)C(O)C(=O)OC(C)C)cc1OC. The third kappa shape index (κ3) is 8.40. The number of nitrogens with one attached hydrogen (secondary N) is 1. The summed E-state index contributed by atoms with van der Waals surface area (Å²) in [6.45, 7) is 6.52. The molecule has 0 fully saturated rings. The number of nitrogens with zero attached hydrogens (tertiary/aromatic N) is 2. The first-order valence-corrected chi connectivity index (χ1v) is 15.8. The van der Waals surface area contributed by atoms with Gasteiger partial charge < -0.3 is 29.5 Å². The largest absolute Gasteiger partial charge is 0.493 e. The topological polar surface area (TPSA) is 135 Å². The van der Waals surface area contributed by atoms with Gasteiger partial charge in [0.05, 0.1) is 32.1 Å². The molecule has 0 saturated heterocycles. The highest BCUT2D eigenvalue weighted by atomic mass is 16.6. The van der Waals surface area contributed by atoms with Gasteiger partial charge in [0.25, 0.3) is 11.8 Å². The highest BCUT2D eigenvalue weighted by Gasteiger charge is 2.42. The highest BCUT2D eigenvalue weighted by Crippen LogP contribution is 2.35. The van der Waals surface area contributed by atoms with E-state index in [1.165, 1.54) is 24.0 Å². The zero-order valence-corrected chi connectivity index (χ0v) is 28.1. The van der Waals surface area contributed by atoms with Gasteiger partial charge in [-0.25, -0.2) is 4.79 Å². The molecule has 3 amide bonds. The van der Waals surface area contributed by atoms with Crippen LogP contribution in [0.3, 0.4) is 0 Å². The number of aliphatic hydroxyl groups is 1. The van der Waals surface area contributed by atoms with Gasteiger partial charge >= 0.3 is 5.97 Å². The average Bonchev–Trinajstić information content (AvgIpc) is 3.08. The van der Waals surface area contributed by atoms with Crippen molar-refractivity contribution in [3.8, 4) is 11.5 Å². The maximum absolute atomic E-state index is 14.4. The van der Waals surface area contributed by atoms with Crippen LogP contribution in [-0.4, -0.2) is 83.7 Å². The quantitative estimate of drug-likeness (QED) is 0.263. The van der Waals surface area contributed by atoms with Crippen molar-refractivity contribution in [1.29, 1.82) is 0 Å². The lowest BCUT2D eigenvalue weighted by molar-refractivity contribution is -0.159. The lowest BCUT2D eigenvalue weighted by Gasteiger charge is -2.41. The van der Waals surface area contributed by atoms with Crippen LogP contribution in [0.4, 0.5) is 0 Å². The van der Waals surface area contributed by atoms with Gasteiger partial charge in [0, 0.05) is 17.3 Å². The Balaban J connectivity index is 1.74. The molecule has 4 rings (SSSR count). The maximum atomic E-state index is 14.4. The Labute approximate surface area is 281 Å². The Morgan fingerprint density at radius 1 is 0.875 bits per heavy atom. The van der Waals surface area contributed by atoms with Gasteiger partial charge in [0.15, 0.2) is 17.6 Å². The first-order valence-electron chi connectivity index (χ1n) is 15.8. The number of rotatable bonds is 13. The molecule has 0 aromatic heterocycles. The zero-order valence-electron chi connectivity index (χ0n) is 28.1. The van der Waals surface area contributed by atoms with Crippen LogP contribution in [0.15, 0.2) is 85.1 Å². The number of carbonyl (C=O) groups excluding carboxylic acids is 4.